The van der Waals surface area contributed by atoms with Crippen LogP contribution in [0.15, 0.2) is 36.9 Å². The summed E-state index contributed by atoms with van der Waals surface area (Å²) in [4.78, 5) is 18.4. The molecule has 0 bridgehead atoms. The normalized spacial score (nSPS) is 16.8. The highest BCUT2D eigenvalue weighted by Crippen LogP contribution is 2.22. The van der Waals surface area contributed by atoms with Gasteiger partial charge in [0.1, 0.15) is 12.7 Å². The number of piperidine rings is 1. The number of hydrogen-bond acceptors (Lipinski definition) is 3. The van der Waals surface area contributed by atoms with Gasteiger partial charge in [0.25, 0.3) is 0 Å². The van der Waals surface area contributed by atoms with E-state index in [-0.39, 0.29) is 12.1 Å². The van der Waals surface area contributed by atoms with Crippen molar-refractivity contribution in [3.05, 3.63) is 48.0 Å². The van der Waals surface area contributed by atoms with Gasteiger partial charge in [0.2, 0.25) is 0 Å². The van der Waals surface area contributed by atoms with E-state index in [1.165, 1.54) is 5.56 Å². The summed E-state index contributed by atoms with van der Waals surface area (Å²) in [5, 5.41) is 7.30. The van der Waals surface area contributed by atoms with E-state index in [1.54, 1.807) is 12.7 Å². The van der Waals surface area contributed by atoms with E-state index < -0.39 is 0 Å². The second kappa shape index (κ2) is 7.47. The van der Waals surface area contributed by atoms with Crippen molar-refractivity contribution in [3.8, 4) is 0 Å². The summed E-state index contributed by atoms with van der Waals surface area (Å²) in [5.41, 5.74) is 2.45. The molecule has 0 spiro atoms. The third kappa shape index (κ3) is 3.75. The van der Waals surface area contributed by atoms with Crippen molar-refractivity contribution in [1.29, 1.82) is 0 Å². The van der Waals surface area contributed by atoms with Crippen molar-refractivity contribution in [2.75, 3.05) is 13.1 Å². The molecule has 128 valence electrons. The molecule has 1 N–H and O–H groups in total. The predicted molar refractivity (Wildman–Crippen MR) is 92.6 cm³/mol. The second-order valence-electron chi connectivity index (χ2n) is 6.36. The molecule has 2 amide bonds. The zero-order chi connectivity index (χ0) is 16.9. The smallest absolute Gasteiger partial charge is 0.317 e. The Labute approximate surface area is 142 Å². The van der Waals surface area contributed by atoms with E-state index in [9.17, 15) is 4.79 Å². The number of benzene rings is 1. The van der Waals surface area contributed by atoms with Crippen molar-refractivity contribution in [2.45, 2.75) is 45.2 Å². The van der Waals surface area contributed by atoms with Crippen LogP contribution >= 0.6 is 0 Å². The van der Waals surface area contributed by atoms with Gasteiger partial charge in [-0.1, -0.05) is 31.2 Å². The summed E-state index contributed by atoms with van der Waals surface area (Å²) < 4.78 is 1.90. The molecule has 1 atom stereocenters. The van der Waals surface area contributed by atoms with Crippen LogP contribution in [0.4, 0.5) is 4.79 Å². The Kier molecular flexibility index (Phi) is 5.13. The Morgan fingerprint density at radius 2 is 2.00 bits per heavy atom. The van der Waals surface area contributed by atoms with Gasteiger partial charge in [-0.15, -0.1) is 0 Å². The summed E-state index contributed by atoms with van der Waals surface area (Å²) >= 11 is 0. The molecule has 1 aromatic heterocycles. The fraction of sp³-hybridized carbons (Fsp3) is 0.500. The number of rotatable bonds is 4. The van der Waals surface area contributed by atoms with E-state index >= 15 is 0 Å². The van der Waals surface area contributed by atoms with Crippen molar-refractivity contribution >= 4 is 6.03 Å². The van der Waals surface area contributed by atoms with Crippen molar-refractivity contribution < 1.29 is 4.79 Å². The Hall–Kier alpha value is -2.37. The maximum Gasteiger partial charge on any atom is 0.317 e. The van der Waals surface area contributed by atoms with E-state index in [2.05, 4.69) is 46.6 Å². The topological polar surface area (TPSA) is 63.1 Å². The first kappa shape index (κ1) is 16.5. The van der Waals surface area contributed by atoms with Crippen LogP contribution in [0.3, 0.4) is 0 Å². The average Bonchev–Trinajstić information content (AvgIpc) is 3.16. The van der Waals surface area contributed by atoms with E-state index in [0.717, 1.165) is 37.9 Å². The van der Waals surface area contributed by atoms with Crippen molar-refractivity contribution in [1.82, 2.24) is 25.0 Å². The summed E-state index contributed by atoms with van der Waals surface area (Å²) in [5.74, 6) is 0. The summed E-state index contributed by atoms with van der Waals surface area (Å²) in [6.45, 7) is 5.67. The molecule has 1 aliphatic heterocycles. The number of nitrogens with zero attached hydrogens (tertiary/aromatic N) is 4. The number of urea groups is 1. The average molecular weight is 327 g/mol. The first-order valence-electron chi connectivity index (χ1n) is 8.65. The van der Waals surface area contributed by atoms with Crippen LogP contribution in [0.5, 0.6) is 0 Å². The van der Waals surface area contributed by atoms with Crippen molar-refractivity contribution in [3.63, 3.8) is 0 Å². The molecule has 0 saturated carbocycles. The van der Waals surface area contributed by atoms with Crippen LogP contribution in [-0.2, 0) is 6.42 Å². The van der Waals surface area contributed by atoms with Gasteiger partial charge in [0, 0.05) is 13.1 Å². The van der Waals surface area contributed by atoms with Crippen molar-refractivity contribution in [2.24, 2.45) is 0 Å². The SMILES string of the molecule is CCc1ccc([C@@H](C)NC(=O)N2CCC(n3cncn3)CC2)cc1. The first-order chi connectivity index (χ1) is 11.7. The molecule has 1 saturated heterocycles. The van der Waals surface area contributed by atoms with Crippen LogP contribution in [0.25, 0.3) is 0 Å². The number of likely N-dealkylation sites (tertiary alicyclic amines) is 1. The van der Waals surface area contributed by atoms with Gasteiger partial charge in [0.15, 0.2) is 0 Å². The molecule has 2 heterocycles. The highest BCUT2D eigenvalue weighted by Gasteiger charge is 2.25. The molecule has 1 aromatic carbocycles. The summed E-state index contributed by atoms with van der Waals surface area (Å²) in [6.07, 6.45) is 6.17. The molecule has 1 fully saturated rings. The second-order valence-corrected chi connectivity index (χ2v) is 6.36. The molecule has 1 aliphatic rings. The van der Waals surface area contributed by atoms with Gasteiger partial charge in [-0.25, -0.2) is 14.5 Å². The zero-order valence-corrected chi connectivity index (χ0v) is 14.4. The molecule has 3 rings (SSSR count). The van der Waals surface area contributed by atoms with Crippen LogP contribution in [-0.4, -0.2) is 38.8 Å². The number of carbonyl (C=O) groups is 1. The van der Waals surface area contributed by atoms with Gasteiger partial charge < -0.3 is 10.2 Å². The summed E-state index contributed by atoms with van der Waals surface area (Å²) in [7, 11) is 0. The largest absolute Gasteiger partial charge is 0.331 e. The number of amides is 2. The highest BCUT2D eigenvalue weighted by atomic mass is 16.2. The minimum Gasteiger partial charge on any atom is -0.331 e. The van der Waals surface area contributed by atoms with Crippen LogP contribution in [0, 0.1) is 0 Å². The summed E-state index contributed by atoms with van der Waals surface area (Å²) in [6, 6.07) is 8.82. The quantitative estimate of drug-likeness (QED) is 0.939. The first-order valence-corrected chi connectivity index (χ1v) is 8.65. The third-order valence-electron chi connectivity index (χ3n) is 4.79. The lowest BCUT2D eigenvalue weighted by Crippen LogP contribution is -2.45. The van der Waals surface area contributed by atoms with Gasteiger partial charge in [-0.2, -0.15) is 5.10 Å². The van der Waals surface area contributed by atoms with E-state index in [4.69, 9.17) is 0 Å². The van der Waals surface area contributed by atoms with Gasteiger partial charge in [0.05, 0.1) is 12.1 Å². The Morgan fingerprint density at radius 3 is 2.58 bits per heavy atom. The minimum absolute atomic E-state index is 0.0106. The lowest BCUT2D eigenvalue weighted by molar-refractivity contribution is 0.166. The maximum atomic E-state index is 12.5. The standard InChI is InChI=1S/C18H25N5O/c1-3-15-4-6-16(7-5-15)14(2)21-18(24)22-10-8-17(9-11-22)23-13-19-12-20-23/h4-7,12-14,17H,3,8-11H2,1-2H3,(H,21,24)/t14-/m1/s1. The Morgan fingerprint density at radius 1 is 1.29 bits per heavy atom. The number of aromatic nitrogens is 3. The molecule has 24 heavy (non-hydrogen) atoms. The molecule has 6 heteroatoms. The van der Waals surface area contributed by atoms with Gasteiger partial charge >= 0.3 is 6.03 Å². The fourth-order valence-electron chi connectivity index (χ4n) is 3.14. The third-order valence-corrected chi connectivity index (χ3v) is 4.79. The fourth-order valence-corrected chi connectivity index (χ4v) is 3.14. The van der Waals surface area contributed by atoms with Crippen LogP contribution in [0.2, 0.25) is 0 Å². The Bertz CT molecular complexity index is 645. The molecule has 2 aromatic rings. The number of nitrogens with one attached hydrogen (secondary N) is 1. The number of hydrogen-bond donors (Lipinski definition) is 1. The lowest BCUT2D eigenvalue weighted by atomic mass is 10.0. The molecule has 0 aliphatic carbocycles. The van der Waals surface area contributed by atoms with E-state index in [1.807, 2.05) is 16.5 Å². The predicted octanol–water partition coefficient (Wildman–Crippen LogP) is 2.95. The molecular weight excluding hydrogens is 302 g/mol. The zero-order valence-electron chi connectivity index (χ0n) is 14.4. The van der Waals surface area contributed by atoms with Gasteiger partial charge in [-0.3, -0.25) is 0 Å². The minimum atomic E-state index is 0.0106. The van der Waals surface area contributed by atoms with Gasteiger partial charge in [-0.05, 0) is 37.3 Å². The molecular formula is C18H25N5O. The molecule has 6 nitrogen and oxygen atoms in total. The highest BCUT2D eigenvalue weighted by molar-refractivity contribution is 5.74. The maximum absolute atomic E-state index is 12.5. The van der Waals surface area contributed by atoms with Crippen LogP contribution < -0.4 is 5.32 Å². The lowest BCUT2D eigenvalue weighted by Gasteiger charge is -2.32. The number of aryl methyl sites for hydroxylation is 1. The molecule has 0 radical (unpaired) electrons. The number of carbonyl (C=O) groups excluding carboxylic acids is 1. The Balaban J connectivity index is 1.51. The monoisotopic (exact) mass is 327 g/mol. The van der Waals surface area contributed by atoms with Crippen LogP contribution in [0.1, 0.15) is 49.9 Å². The molecule has 0 unspecified atom stereocenters. The van der Waals surface area contributed by atoms with E-state index in [0.29, 0.717) is 6.04 Å².